The molecule has 7 nitrogen and oxygen atoms in total. The van der Waals surface area contributed by atoms with Crippen LogP contribution < -0.4 is 16.2 Å². The molecule has 3 heterocycles. The fraction of sp³-hybridized carbons (Fsp3) is 0.143. The summed E-state index contributed by atoms with van der Waals surface area (Å²) in [5.74, 6) is 0.0464. The van der Waals surface area contributed by atoms with Gasteiger partial charge in [-0.05, 0) is 30.7 Å². The Morgan fingerprint density at radius 3 is 2.62 bits per heavy atom. The molecule has 8 heteroatoms. The number of aliphatic imine (C=N–C) groups is 1. The van der Waals surface area contributed by atoms with E-state index >= 15 is 0 Å². The molecule has 0 saturated carbocycles. The van der Waals surface area contributed by atoms with Gasteiger partial charge in [-0.2, -0.15) is 0 Å². The third kappa shape index (κ3) is 3.77. The van der Waals surface area contributed by atoms with Crippen LogP contribution in [0.3, 0.4) is 0 Å². The molecule has 0 fully saturated rings. The molecule has 29 heavy (non-hydrogen) atoms. The first-order valence-corrected chi connectivity index (χ1v) is 9.00. The summed E-state index contributed by atoms with van der Waals surface area (Å²) in [5.41, 5.74) is 3.85. The van der Waals surface area contributed by atoms with Crippen LogP contribution >= 0.6 is 0 Å². The molecule has 1 atom stereocenters. The number of aromatic nitrogens is 2. The highest BCUT2D eigenvalue weighted by molar-refractivity contribution is 6.21. The van der Waals surface area contributed by atoms with Crippen LogP contribution in [0.4, 0.5) is 20.7 Å². The van der Waals surface area contributed by atoms with Crippen molar-refractivity contribution >= 4 is 23.2 Å². The Kier molecular flexibility index (Phi) is 4.67. The summed E-state index contributed by atoms with van der Waals surface area (Å²) in [5, 5.41) is 5.46. The van der Waals surface area contributed by atoms with Crippen molar-refractivity contribution in [2.45, 2.75) is 13.0 Å². The summed E-state index contributed by atoms with van der Waals surface area (Å²) < 4.78 is 14.5. The molecule has 2 amide bonds. The zero-order chi connectivity index (χ0) is 20.5. The number of aryl methyl sites for hydroxylation is 1. The van der Waals surface area contributed by atoms with E-state index in [4.69, 9.17) is 0 Å². The fourth-order valence-electron chi connectivity index (χ4n) is 3.05. The Bertz CT molecular complexity index is 1180. The summed E-state index contributed by atoms with van der Waals surface area (Å²) in [6, 6.07) is 10.1. The molecule has 1 unspecified atom stereocenters. The van der Waals surface area contributed by atoms with Gasteiger partial charge in [0.2, 0.25) is 5.56 Å². The number of rotatable bonds is 4. The maximum absolute atomic E-state index is 13.0. The Hall–Kier alpha value is -3.81. The number of urea groups is 1. The van der Waals surface area contributed by atoms with Crippen molar-refractivity contribution in [2.24, 2.45) is 12.0 Å². The smallest absolute Gasteiger partial charge is 0.320 e. The average molecular weight is 391 g/mol. The van der Waals surface area contributed by atoms with Crippen LogP contribution in [0.25, 0.3) is 0 Å². The molecule has 0 spiro atoms. The van der Waals surface area contributed by atoms with E-state index < -0.39 is 6.03 Å². The predicted molar refractivity (Wildman–Crippen MR) is 108 cm³/mol. The molecule has 4 rings (SSSR count). The lowest BCUT2D eigenvalue weighted by Gasteiger charge is -2.20. The zero-order valence-corrected chi connectivity index (χ0v) is 15.8. The molecule has 1 aliphatic heterocycles. The zero-order valence-electron chi connectivity index (χ0n) is 15.8. The van der Waals surface area contributed by atoms with Crippen LogP contribution in [-0.2, 0) is 7.05 Å². The molecule has 1 aliphatic rings. The van der Waals surface area contributed by atoms with E-state index in [0.717, 1.165) is 22.4 Å². The van der Waals surface area contributed by atoms with Gasteiger partial charge in [0.15, 0.2) is 0 Å². The topological polar surface area (TPSA) is 88.4 Å². The lowest BCUT2D eigenvalue weighted by Crippen LogP contribution is -2.31. The molecule has 2 N–H and O–H groups in total. The van der Waals surface area contributed by atoms with E-state index in [1.54, 1.807) is 43.7 Å². The maximum atomic E-state index is 13.0. The molecule has 0 radical (unpaired) electrons. The van der Waals surface area contributed by atoms with Gasteiger partial charge in [0.05, 0.1) is 17.4 Å². The molecule has 0 aliphatic carbocycles. The minimum absolute atomic E-state index is 0.0903. The van der Waals surface area contributed by atoms with Gasteiger partial charge in [-0.15, -0.1) is 0 Å². The first-order valence-electron chi connectivity index (χ1n) is 9.00. The molecule has 146 valence electrons. The van der Waals surface area contributed by atoms with E-state index in [0.29, 0.717) is 11.5 Å². The second-order valence-corrected chi connectivity index (χ2v) is 6.79. The van der Waals surface area contributed by atoms with E-state index in [-0.39, 0.29) is 17.4 Å². The average Bonchev–Trinajstić information content (AvgIpc) is 2.66. The largest absolute Gasteiger partial charge is 0.331 e. The monoisotopic (exact) mass is 391 g/mol. The molecular weight excluding hydrogens is 373 g/mol. The number of amides is 2. The number of pyridine rings is 2. The van der Waals surface area contributed by atoms with E-state index in [1.807, 2.05) is 6.92 Å². The Balaban J connectivity index is 1.42. The summed E-state index contributed by atoms with van der Waals surface area (Å²) >= 11 is 0. The van der Waals surface area contributed by atoms with E-state index in [9.17, 15) is 14.0 Å². The first kappa shape index (κ1) is 18.5. The summed E-state index contributed by atoms with van der Waals surface area (Å²) in [6.07, 6.45) is 3.36. The van der Waals surface area contributed by atoms with E-state index in [1.165, 1.54) is 22.8 Å². The number of halogens is 1. The van der Waals surface area contributed by atoms with Gasteiger partial charge in [-0.25, -0.2) is 19.2 Å². The number of carbonyl (C=O) groups is 1. The lowest BCUT2D eigenvalue weighted by molar-refractivity contribution is 0.249. The second kappa shape index (κ2) is 7.31. The predicted octanol–water partition coefficient (Wildman–Crippen LogP) is 3.28. The third-order valence-electron chi connectivity index (χ3n) is 4.69. The number of fused-ring (bicyclic) bond motifs is 1. The normalized spacial score (nSPS) is 13.0. The highest BCUT2D eigenvalue weighted by Crippen LogP contribution is 2.33. The molecule has 0 saturated heterocycles. The number of carbonyl (C=O) groups excluding carboxylic acids is 1. The quantitative estimate of drug-likeness (QED) is 0.560. The Labute approximate surface area is 165 Å². The van der Waals surface area contributed by atoms with Crippen molar-refractivity contribution in [3.63, 3.8) is 0 Å². The standard InChI is InChI=1S/C21H18FN5O2/c1-12(13-3-6-15(22)7-4-13)24-21(29)26-18-9-17-16(10-23-18)20(25-17)14-5-8-19(28)27(2)11-14/h3-12H,1-2H3,(H2,23,24,26,29). The van der Waals surface area contributed by atoms with Crippen molar-refractivity contribution in [1.82, 2.24) is 14.9 Å². The van der Waals surface area contributed by atoms with Crippen molar-refractivity contribution in [3.05, 3.63) is 87.7 Å². The van der Waals surface area contributed by atoms with Crippen LogP contribution in [-0.4, -0.2) is 21.3 Å². The third-order valence-corrected chi connectivity index (χ3v) is 4.69. The number of benzene rings is 1. The highest BCUT2D eigenvalue weighted by atomic mass is 19.1. The fourth-order valence-corrected chi connectivity index (χ4v) is 3.05. The van der Waals surface area contributed by atoms with Gasteiger partial charge in [-0.1, -0.05) is 12.1 Å². The van der Waals surface area contributed by atoms with Gasteiger partial charge in [0, 0.05) is 42.7 Å². The van der Waals surface area contributed by atoms with Crippen molar-refractivity contribution in [1.29, 1.82) is 0 Å². The Morgan fingerprint density at radius 1 is 1.17 bits per heavy atom. The molecule has 0 bridgehead atoms. The molecular formula is C21H18FN5O2. The SMILES string of the molecule is CC(NC(=O)Nc1cc2c(cn1)C(c1ccc(=O)n(C)c1)=N2)c1ccc(F)cc1. The minimum atomic E-state index is -0.420. The van der Waals surface area contributed by atoms with Crippen molar-refractivity contribution in [2.75, 3.05) is 5.32 Å². The summed E-state index contributed by atoms with van der Waals surface area (Å²) in [6.45, 7) is 1.81. The first-order chi connectivity index (χ1) is 13.9. The van der Waals surface area contributed by atoms with Crippen LogP contribution in [0.2, 0.25) is 0 Å². The number of hydrogen-bond acceptors (Lipinski definition) is 4. The lowest BCUT2D eigenvalue weighted by atomic mass is 9.99. The highest BCUT2D eigenvalue weighted by Gasteiger charge is 2.22. The molecule has 2 aromatic heterocycles. The van der Waals surface area contributed by atoms with Crippen LogP contribution in [0.1, 0.15) is 29.7 Å². The number of anilines is 1. The number of nitrogens with zero attached hydrogens (tertiary/aromatic N) is 3. The van der Waals surface area contributed by atoms with Crippen LogP contribution in [0.15, 0.2) is 64.6 Å². The minimum Gasteiger partial charge on any atom is -0.331 e. The van der Waals surface area contributed by atoms with Crippen molar-refractivity contribution < 1.29 is 9.18 Å². The summed E-state index contributed by atoms with van der Waals surface area (Å²) in [7, 11) is 1.68. The van der Waals surface area contributed by atoms with Gasteiger partial charge < -0.3 is 9.88 Å². The number of hydrogen-bond donors (Lipinski definition) is 2. The summed E-state index contributed by atoms with van der Waals surface area (Å²) in [4.78, 5) is 32.5. The Morgan fingerprint density at radius 2 is 1.93 bits per heavy atom. The van der Waals surface area contributed by atoms with Crippen LogP contribution in [0, 0.1) is 5.82 Å². The van der Waals surface area contributed by atoms with Gasteiger partial charge >= 0.3 is 6.03 Å². The van der Waals surface area contributed by atoms with Crippen molar-refractivity contribution in [3.8, 4) is 0 Å². The maximum Gasteiger partial charge on any atom is 0.320 e. The van der Waals surface area contributed by atoms with E-state index in [2.05, 4.69) is 20.6 Å². The van der Waals surface area contributed by atoms with Gasteiger partial charge in [0.1, 0.15) is 11.6 Å². The molecule has 3 aromatic rings. The number of nitrogens with one attached hydrogen (secondary N) is 2. The van der Waals surface area contributed by atoms with Crippen LogP contribution in [0.5, 0.6) is 0 Å². The van der Waals surface area contributed by atoms with Gasteiger partial charge in [0.25, 0.3) is 0 Å². The molecule has 1 aromatic carbocycles. The second-order valence-electron chi connectivity index (χ2n) is 6.79. The van der Waals surface area contributed by atoms with Gasteiger partial charge in [-0.3, -0.25) is 10.1 Å².